The number of esters is 1. The molecule has 1 atom stereocenters. The summed E-state index contributed by atoms with van der Waals surface area (Å²) in [5.41, 5.74) is 2.02. The van der Waals surface area contributed by atoms with Crippen LogP contribution in [0.2, 0.25) is 0 Å². The molecule has 0 saturated carbocycles. The van der Waals surface area contributed by atoms with Crippen molar-refractivity contribution >= 4 is 5.97 Å². The van der Waals surface area contributed by atoms with Gasteiger partial charge in [-0.15, -0.1) is 0 Å². The monoisotopic (exact) mass is 270 g/mol. The summed E-state index contributed by atoms with van der Waals surface area (Å²) in [6.07, 6.45) is -0.625. The van der Waals surface area contributed by atoms with Gasteiger partial charge in [0.05, 0.1) is 6.61 Å². The molecule has 20 heavy (non-hydrogen) atoms. The van der Waals surface area contributed by atoms with Crippen molar-refractivity contribution in [3.05, 3.63) is 54.6 Å². The van der Waals surface area contributed by atoms with E-state index in [1.807, 2.05) is 54.6 Å². The molecule has 0 saturated heterocycles. The van der Waals surface area contributed by atoms with Crippen LogP contribution in [0.25, 0.3) is 11.1 Å². The molecule has 0 aliphatic heterocycles. The van der Waals surface area contributed by atoms with Crippen molar-refractivity contribution < 1.29 is 14.3 Å². The number of carbonyl (C=O) groups is 1. The Bertz CT molecular complexity index is 563. The Kier molecular flexibility index (Phi) is 4.77. The van der Waals surface area contributed by atoms with Gasteiger partial charge in [0.25, 0.3) is 0 Å². The van der Waals surface area contributed by atoms with E-state index in [1.165, 1.54) is 0 Å². The molecule has 2 aromatic rings. The average Bonchev–Trinajstić information content (AvgIpc) is 2.49. The zero-order chi connectivity index (χ0) is 14.4. The lowest BCUT2D eigenvalue weighted by Gasteiger charge is -2.16. The normalized spacial score (nSPS) is 11.7. The van der Waals surface area contributed by atoms with E-state index in [4.69, 9.17) is 9.47 Å². The highest BCUT2D eigenvalue weighted by molar-refractivity contribution is 5.76. The number of para-hydroxylation sites is 1. The van der Waals surface area contributed by atoms with E-state index in [0.717, 1.165) is 11.1 Å². The summed E-state index contributed by atoms with van der Waals surface area (Å²) in [4.78, 5) is 11.6. The third-order valence-electron chi connectivity index (χ3n) is 2.89. The number of benzene rings is 2. The summed E-state index contributed by atoms with van der Waals surface area (Å²) in [6.45, 7) is 3.83. The van der Waals surface area contributed by atoms with Gasteiger partial charge in [-0.2, -0.15) is 0 Å². The van der Waals surface area contributed by atoms with Crippen molar-refractivity contribution in [2.75, 3.05) is 6.61 Å². The van der Waals surface area contributed by atoms with Crippen LogP contribution in [0.1, 0.15) is 13.8 Å². The molecule has 2 rings (SSSR count). The topological polar surface area (TPSA) is 35.5 Å². The highest BCUT2D eigenvalue weighted by Crippen LogP contribution is 2.30. The van der Waals surface area contributed by atoms with Crippen LogP contribution in [-0.4, -0.2) is 18.7 Å². The molecule has 0 aromatic heterocycles. The van der Waals surface area contributed by atoms with Crippen molar-refractivity contribution in [3.8, 4) is 16.9 Å². The Morgan fingerprint density at radius 3 is 2.40 bits per heavy atom. The number of carbonyl (C=O) groups excluding carboxylic acids is 1. The lowest BCUT2D eigenvalue weighted by atomic mass is 10.0. The predicted octanol–water partition coefficient (Wildman–Crippen LogP) is 3.68. The van der Waals surface area contributed by atoms with Crippen LogP contribution in [0.15, 0.2) is 54.6 Å². The van der Waals surface area contributed by atoms with E-state index in [2.05, 4.69) is 0 Å². The molecule has 0 heterocycles. The fourth-order valence-corrected chi connectivity index (χ4v) is 1.92. The van der Waals surface area contributed by atoms with Crippen molar-refractivity contribution in [2.45, 2.75) is 20.0 Å². The molecular weight excluding hydrogens is 252 g/mol. The van der Waals surface area contributed by atoms with Crippen LogP contribution < -0.4 is 4.74 Å². The first-order chi connectivity index (χ1) is 9.72. The summed E-state index contributed by atoms with van der Waals surface area (Å²) in [5, 5.41) is 0. The average molecular weight is 270 g/mol. The van der Waals surface area contributed by atoms with Crippen molar-refractivity contribution in [3.63, 3.8) is 0 Å². The van der Waals surface area contributed by atoms with E-state index in [-0.39, 0.29) is 5.97 Å². The molecule has 3 nitrogen and oxygen atoms in total. The van der Waals surface area contributed by atoms with Gasteiger partial charge < -0.3 is 9.47 Å². The fraction of sp³-hybridized carbons (Fsp3) is 0.235. The van der Waals surface area contributed by atoms with Gasteiger partial charge in [0.1, 0.15) is 5.75 Å². The van der Waals surface area contributed by atoms with E-state index in [1.54, 1.807) is 13.8 Å². The third kappa shape index (κ3) is 3.38. The summed E-state index contributed by atoms with van der Waals surface area (Å²) in [5.74, 6) is 0.328. The van der Waals surface area contributed by atoms with Crippen LogP contribution in [0.5, 0.6) is 5.75 Å². The van der Waals surface area contributed by atoms with Crippen molar-refractivity contribution in [2.24, 2.45) is 0 Å². The van der Waals surface area contributed by atoms with Crippen molar-refractivity contribution in [1.29, 1.82) is 0 Å². The Morgan fingerprint density at radius 1 is 1.05 bits per heavy atom. The number of hydrogen-bond acceptors (Lipinski definition) is 3. The number of ether oxygens (including phenoxy) is 2. The molecular formula is C17H18O3. The molecule has 0 N–H and O–H groups in total. The van der Waals surface area contributed by atoms with Crippen molar-refractivity contribution in [1.82, 2.24) is 0 Å². The largest absolute Gasteiger partial charge is 0.478 e. The van der Waals surface area contributed by atoms with E-state index in [0.29, 0.717) is 12.4 Å². The minimum absolute atomic E-state index is 0.352. The van der Waals surface area contributed by atoms with Crippen LogP contribution in [-0.2, 0) is 9.53 Å². The van der Waals surface area contributed by atoms with E-state index < -0.39 is 6.10 Å². The van der Waals surface area contributed by atoms with E-state index >= 15 is 0 Å². The van der Waals surface area contributed by atoms with Crippen LogP contribution >= 0.6 is 0 Å². The zero-order valence-electron chi connectivity index (χ0n) is 11.7. The van der Waals surface area contributed by atoms with Gasteiger partial charge in [0, 0.05) is 5.56 Å². The predicted molar refractivity (Wildman–Crippen MR) is 78.6 cm³/mol. The zero-order valence-corrected chi connectivity index (χ0v) is 11.7. The quantitative estimate of drug-likeness (QED) is 0.777. The number of rotatable bonds is 5. The van der Waals surface area contributed by atoms with Crippen LogP contribution in [0.4, 0.5) is 0 Å². The second-order valence-corrected chi connectivity index (χ2v) is 4.37. The Hall–Kier alpha value is -2.29. The maximum atomic E-state index is 11.6. The molecule has 2 aromatic carbocycles. The molecule has 3 heteroatoms. The lowest BCUT2D eigenvalue weighted by Crippen LogP contribution is -2.26. The molecule has 0 radical (unpaired) electrons. The second kappa shape index (κ2) is 6.75. The third-order valence-corrected chi connectivity index (χ3v) is 2.89. The summed E-state index contributed by atoms with van der Waals surface area (Å²) < 4.78 is 10.7. The van der Waals surface area contributed by atoms with Gasteiger partial charge >= 0.3 is 5.97 Å². The molecule has 0 unspecified atom stereocenters. The molecule has 0 amide bonds. The summed E-state index contributed by atoms with van der Waals surface area (Å²) in [7, 11) is 0. The Balaban J connectivity index is 2.23. The van der Waals surface area contributed by atoms with Gasteiger partial charge in [0.2, 0.25) is 0 Å². The first kappa shape index (κ1) is 14.1. The van der Waals surface area contributed by atoms with E-state index in [9.17, 15) is 4.79 Å². The highest BCUT2D eigenvalue weighted by Gasteiger charge is 2.17. The standard InChI is InChI=1S/C17H18O3/c1-3-19-17(18)13(2)20-16-12-8-7-11-15(16)14-9-5-4-6-10-14/h4-13H,3H2,1-2H3/t13-/m0/s1. The SMILES string of the molecule is CCOC(=O)[C@H](C)Oc1ccccc1-c1ccccc1. The first-order valence-corrected chi connectivity index (χ1v) is 6.70. The second-order valence-electron chi connectivity index (χ2n) is 4.37. The lowest BCUT2D eigenvalue weighted by molar-refractivity contribution is -0.150. The van der Waals surface area contributed by atoms with Gasteiger partial charge in [-0.1, -0.05) is 48.5 Å². The maximum Gasteiger partial charge on any atom is 0.347 e. The maximum absolute atomic E-state index is 11.6. The smallest absolute Gasteiger partial charge is 0.347 e. The molecule has 0 aliphatic carbocycles. The molecule has 0 bridgehead atoms. The fourth-order valence-electron chi connectivity index (χ4n) is 1.92. The molecule has 104 valence electrons. The summed E-state index contributed by atoms with van der Waals surface area (Å²) >= 11 is 0. The Labute approximate surface area is 119 Å². The van der Waals surface area contributed by atoms with Crippen LogP contribution in [0, 0.1) is 0 Å². The Morgan fingerprint density at radius 2 is 1.70 bits per heavy atom. The van der Waals surface area contributed by atoms with Gasteiger partial charge in [-0.05, 0) is 25.5 Å². The molecule has 0 spiro atoms. The number of hydrogen-bond donors (Lipinski definition) is 0. The minimum Gasteiger partial charge on any atom is -0.478 e. The highest BCUT2D eigenvalue weighted by atomic mass is 16.6. The van der Waals surface area contributed by atoms with Crippen LogP contribution in [0.3, 0.4) is 0 Å². The van der Waals surface area contributed by atoms with Gasteiger partial charge in [-0.25, -0.2) is 4.79 Å². The van der Waals surface area contributed by atoms with Gasteiger partial charge in [0.15, 0.2) is 6.10 Å². The molecule has 0 fully saturated rings. The molecule has 0 aliphatic rings. The summed E-state index contributed by atoms with van der Waals surface area (Å²) in [6, 6.07) is 17.6. The first-order valence-electron chi connectivity index (χ1n) is 6.70. The minimum atomic E-state index is -0.625. The van der Waals surface area contributed by atoms with Gasteiger partial charge in [-0.3, -0.25) is 0 Å².